The monoisotopic (exact) mass is 786 g/mol. The number of nitrogens with one attached hydrogen (secondary N) is 5. The predicted molar refractivity (Wildman–Crippen MR) is 216 cm³/mol. The van der Waals surface area contributed by atoms with Crippen LogP contribution >= 0.6 is 7.37 Å². The van der Waals surface area contributed by atoms with E-state index in [0.29, 0.717) is 18.5 Å². The number of H-pyrrole nitrogens is 1. The average molecular weight is 787 g/mol. The number of hydrogen-bond acceptors (Lipinski definition) is 7. The van der Waals surface area contributed by atoms with Crippen LogP contribution < -0.4 is 21.3 Å². The maximum Gasteiger partial charge on any atom is 0.408 e. The Morgan fingerprint density at radius 3 is 2.32 bits per heavy atom. The first-order valence-corrected chi connectivity index (χ1v) is 21.4. The number of ether oxygens (including phenoxy) is 1. The van der Waals surface area contributed by atoms with Crippen molar-refractivity contribution in [1.29, 1.82) is 0 Å². The molecule has 56 heavy (non-hydrogen) atoms. The number of nitrogens with zero attached hydrogens (tertiary/aromatic N) is 1. The first-order valence-electron chi connectivity index (χ1n) is 19.5. The van der Waals surface area contributed by atoms with Gasteiger partial charge in [0.15, 0.2) is 0 Å². The van der Waals surface area contributed by atoms with E-state index in [-0.39, 0.29) is 43.9 Å². The van der Waals surface area contributed by atoms with Crippen molar-refractivity contribution in [2.45, 2.75) is 102 Å². The van der Waals surface area contributed by atoms with Crippen LogP contribution in [0.3, 0.4) is 0 Å². The molecule has 1 aliphatic rings. The summed E-state index contributed by atoms with van der Waals surface area (Å²) in [5.74, 6) is -2.12. The Kier molecular flexibility index (Phi) is 15.6. The molecule has 1 fully saturated rings. The van der Waals surface area contributed by atoms with Crippen LogP contribution in [0.25, 0.3) is 10.8 Å². The van der Waals surface area contributed by atoms with E-state index in [1.54, 1.807) is 0 Å². The zero-order valence-corrected chi connectivity index (χ0v) is 33.1. The molecule has 5 rings (SSSR count). The normalized spacial score (nSPS) is 16.5. The number of benzene rings is 3. The lowest BCUT2D eigenvalue weighted by Gasteiger charge is -2.33. The molecule has 4 amide bonds. The Morgan fingerprint density at radius 1 is 0.911 bits per heavy atom. The second-order valence-electron chi connectivity index (χ2n) is 15.3. The van der Waals surface area contributed by atoms with E-state index in [1.807, 2.05) is 86.6 Å². The van der Waals surface area contributed by atoms with Crippen molar-refractivity contribution in [3.63, 3.8) is 0 Å². The lowest BCUT2D eigenvalue weighted by molar-refractivity contribution is -0.130. The van der Waals surface area contributed by atoms with Crippen molar-refractivity contribution in [1.82, 2.24) is 31.2 Å². The molecule has 6 N–H and O–H groups in total. The van der Waals surface area contributed by atoms with Crippen LogP contribution in [0.4, 0.5) is 4.79 Å². The highest BCUT2D eigenvalue weighted by atomic mass is 31.2. The summed E-state index contributed by atoms with van der Waals surface area (Å²) in [6.07, 6.45) is 8.24. The van der Waals surface area contributed by atoms with Gasteiger partial charge in [0.1, 0.15) is 24.5 Å². The van der Waals surface area contributed by atoms with Gasteiger partial charge in [0, 0.05) is 36.9 Å². The van der Waals surface area contributed by atoms with Crippen molar-refractivity contribution in [2.75, 3.05) is 6.16 Å². The average Bonchev–Trinajstić information content (AvgIpc) is 3.70. The molecule has 0 bridgehead atoms. The summed E-state index contributed by atoms with van der Waals surface area (Å²) in [5, 5.41) is 13.0. The molecule has 5 atom stereocenters. The lowest BCUT2D eigenvalue weighted by Crippen LogP contribution is -2.56. The molecule has 0 aliphatic heterocycles. The molecule has 1 heterocycles. The van der Waals surface area contributed by atoms with Crippen LogP contribution in [-0.4, -0.2) is 69.2 Å². The van der Waals surface area contributed by atoms with E-state index in [1.165, 1.54) is 12.5 Å². The van der Waals surface area contributed by atoms with E-state index >= 15 is 0 Å². The summed E-state index contributed by atoms with van der Waals surface area (Å²) >= 11 is 0. The SMILES string of the molecule is CC(C)CC(CP(=O)(O)C(CC1CCCCC1)NC(=O)[C@H](Cc1cnc[nH]1)NC(=O)C(Cc1cccc2ccccc12)NC(=O)OCc1ccccc1)NC=O. The van der Waals surface area contributed by atoms with E-state index in [9.17, 15) is 28.6 Å². The van der Waals surface area contributed by atoms with Gasteiger partial charge in [-0.05, 0) is 46.6 Å². The summed E-state index contributed by atoms with van der Waals surface area (Å²) in [6.45, 7) is 3.93. The number of imidazole rings is 1. The number of carbonyl (C=O) groups excluding carboxylic acids is 4. The van der Waals surface area contributed by atoms with Crippen LogP contribution in [-0.2, 0) is 43.1 Å². The van der Waals surface area contributed by atoms with Gasteiger partial charge in [-0.2, -0.15) is 0 Å². The summed E-state index contributed by atoms with van der Waals surface area (Å²) in [4.78, 5) is 72.1. The summed E-state index contributed by atoms with van der Waals surface area (Å²) in [6, 6.07) is 19.7. The van der Waals surface area contributed by atoms with E-state index < -0.39 is 49.2 Å². The van der Waals surface area contributed by atoms with E-state index in [0.717, 1.165) is 54.0 Å². The predicted octanol–water partition coefficient (Wildman–Crippen LogP) is 5.97. The number of aromatic amines is 1. The van der Waals surface area contributed by atoms with Gasteiger partial charge in [0.25, 0.3) is 0 Å². The molecule has 3 aromatic carbocycles. The number of amides is 4. The second kappa shape index (κ2) is 20.8. The minimum Gasteiger partial charge on any atom is -0.445 e. The van der Waals surface area contributed by atoms with Gasteiger partial charge in [-0.15, -0.1) is 0 Å². The van der Waals surface area contributed by atoms with Gasteiger partial charge in [0.2, 0.25) is 25.6 Å². The highest BCUT2D eigenvalue weighted by molar-refractivity contribution is 7.58. The largest absolute Gasteiger partial charge is 0.445 e. The van der Waals surface area contributed by atoms with Gasteiger partial charge < -0.3 is 35.9 Å². The number of rotatable bonds is 20. The Hall–Kier alpha value is -5.00. The molecule has 4 unspecified atom stereocenters. The topological polar surface area (TPSA) is 192 Å². The van der Waals surface area contributed by atoms with E-state index in [2.05, 4.69) is 31.2 Å². The number of aromatic nitrogens is 2. The lowest BCUT2D eigenvalue weighted by atomic mass is 9.87. The van der Waals surface area contributed by atoms with Crippen LogP contribution in [0.15, 0.2) is 85.3 Å². The molecule has 1 saturated carbocycles. The highest BCUT2D eigenvalue weighted by Gasteiger charge is 2.39. The quantitative estimate of drug-likeness (QED) is 0.0466. The Morgan fingerprint density at radius 2 is 1.61 bits per heavy atom. The number of alkyl carbamates (subject to hydrolysis) is 1. The first kappa shape index (κ1) is 42.1. The summed E-state index contributed by atoms with van der Waals surface area (Å²) in [5.41, 5.74) is 2.12. The zero-order chi connectivity index (χ0) is 39.9. The molecule has 0 spiro atoms. The van der Waals surface area contributed by atoms with Crippen LogP contribution in [0.5, 0.6) is 0 Å². The first-order chi connectivity index (χ1) is 27.0. The fourth-order valence-corrected chi connectivity index (χ4v) is 9.63. The van der Waals surface area contributed by atoms with Crippen LogP contribution in [0.1, 0.15) is 75.6 Å². The van der Waals surface area contributed by atoms with Crippen molar-refractivity contribution >= 4 is 42.5 Å². The van der Waals surface area contributed by atoms with Crippen molar-refractivity contribution < 1.29 is 33.4 Å². The molecule has 0 saturated heterocycles. The number of fused-ring (bicyclic) bond motifs is 1. The highest BCUT2D eigenvalue weighted by Crippen LogP contribution is 2.49. The molecule has 4 aromatic rings. The molecule has 13 nitrogen and oxygen atoms in total. The standard InChI is InChI=1S/C42H55N6O7P/c1-29(2)20-35(45-28-49)26-56(53,54)39(21-30-12-5-3-6-13-30)48-41(51)38(23-34-24-43-27-44-34)46-40(50)37(47-42(52)55-25-31-14-7-4-8-15-31)22-33-18-11-17-32-16-9-10-19-36(32)33/h4,7-11,14-19,24,27-30,35,37-39H,3,5-6,12-13,20-23,25-26H2,1-2H3,(H,43,44)(H,45,49)(H,46,50)(H,47,52)(H,48,51)(H,53,54)/t35?,37?,38-,39?/m0/s1. The minimum absolute atomic E-state index is 0.00837. The number of hydrogen-bond donors (Lipinski definition) is 6. The third-order valence-electron chi connectivity index (χ3n) is 10.4. The molecular weight excluding hydrogens is 731 g/mol. The molecule has 1 aromatic heterocycles. The Bertz CT molecular complexity index is 1910. The van der Waals surface area contributed by atoms with E-state index in [4.69, 9.17) is 4.74 Å². The minimum atomic E-state index is -4.11. The molecule has 0 radical (unpaired) electrons. The van der Waals surface area contributed by atoms with Gasteiger partial charge in [-0.1, -0.05) is 119 Å². The van der Waals surface area contributed by atoms with Gasteiger partial charge in [-0.3, -0.25) is 18.9 Å². The third kappa shape index (κ3) is 12.8. The van der Waals surface area contributed by atoms with Crippen LogP contribution in [0, 0.1) is 11.8 Å². The van der Waals surface area contributed by atoms with Gasteiger partial charge >= 0.3 is 6.09 Å². The van der Waals surface area contributed by atoms with Crippen molar-refractivity contribution in [2.24, 2.45) is 11.8 Å². The smallest absolute Gasteiger partial charge is 0.408 e. The summed E-state index contributed by atoms with van der Waals surface area (Å²) < 4.78 is 19.8. The van der Waals surface area contributed by atoms with Gasteiger partial charge in [-0.25, -0.2) is 9.78 Å². The Labute approximate surface area is 328 Å². The summed E-state index contributed by atoms with van der Waals surface area (Å²) in [7, 11) is -4.11. The van der Waals surface area contributed by atoms with Crippen LogP contribution in [0.2, 0.25) is 0 Å². The second-order valence-corrected chi connectivity index (χ2v) is 17.8. The molecular formula is C42H55N6O7P. The third-order valence-corrected chi connectivity index (χ3v) is 12.6. The van der Waals surface area contributed by atoms with Gasteiger partial charge in [0.05, 0.1) is 6.33 Å². The molecule has 1 aliphatic carbocycles. The zero-order valence-electron chi connectivity index (χ0n) is 32.2. The Balaban J connectivity index is 1.40. The molecule has 300 valence electrons. The molecule has 14 heteroatoms. The fourth-order valence-electron chi connectivity index (χ4n) is 7.54. The maximum absolute atomic E-state index is 14.4. The van der Waals surface area contributed by atoms with Crippen molar-refractivity contribution in [3.05, 3.63) is 102 Å². The maximum atomic E-state index is 14.4. The number of carbonyl (C=O) groups is 4. The fraction of sp³-hybridized carbons (Fsp3) is 0.452. The van der Waals surface area contributed by atoms with Crippen molar-refractivity contribution in [3.8, 4) is 0 Å².